The van der Waals surface area contributed by atoms with Crippen molar-refractivity contribution >= 4 is 21.5 Å². The third kappa shape index (κ3) is 2.86. The minimum Gasteiger partial charge on any atom is -0.384 e. The summed E-state index contributed by atoms with van der Waals surface area (Å²) in [5.41, 5.74) is 6.94. The van der Waals surface area contributed by atoms with Crippen LogP contribution in [0.3, 0.4) is 0 Å². The third-order valence-electron chi connectivity index (χ3n) is 3.25. The van der Waals surface area contributed by atoms with Crippen molar-refractivity contribution in [2.24, 2.45) is 5.73 Å². The maximum Gasteiger partial charge on any atom is 0.154 e. The zero-order valence-electron chi connectivity index (χ0n) is 11.0. The van der Waals surface area contributed by atoms with E-state index in [2.05, 4.69) is 4.98 Å². The van der Waals surface area contributed by atoms with Gasteiger partial charge in [-0.25, -0.2) is 13.4 Å². The van der Waals surface area contributed by atoms with Gasteiger partial charge in [0.05, 0.1) is 17.1 Å². The van der Waals surface area contributed by atoms with Crippen molar-refractivity contribution in [3.05, 3.63) is 23.4 Å². The van der Waals surface area contributed by atoms with Crippen LogP contribution in [0.25, 0.3) is 0 Å². The summed E-state index contributed by atoms with van der Waals surface area (Å²) in [6, 6.07) is 3.40. The Balaban J connectivity index is 2.42. The SMILES string of the molecule is Cc1ccc(C(=N)N)c(N2CCS(=O)(=O)CC2C)n1. The van der Waals surface area contributed by atoms with Crippen LogP contribution in [-0.4, -0.2) is 43.3 Å². The molecule has 0 aromatic carbocycles. The van der Waals surface area contributed by atoms with E-state index in [0.717, 1.165) is 5.69 Å². The first-order valence-electron chi connectivity index (χ1n) is 6.09. The van der Waals surface area contributed by atoms with Crippen LogP contribution in [0.2, 0.25) is 0 Å². The number of aryl methyl sites for hydroxylation is 1. The molecule has 2 heterocycles. The predicted octanol–water partition coefficient (Wildman–Crippen LogP) is 0.297. The van der Waals surface area contributed by atoms with Crippen LogP contribution in [0.5, 0.6) is 0 Å². The van der Waals surface area contributed by atoms with E-state index >= 15 is 0 Å². The molecule has 1 aromatic heterocycles. The van der Waals surface area contributed by atoms with Gasteiger partial charge in [-0.2, -0.15) is 0 Å². The van der Waals surface area contributed by atoms with Crippen molar-refractivity contribution in [1.82, 2.24) is 4.98 Å². The Kier molecular flexibility index (Phi) is 3.49. The van der Waals surface area contributed by atoms with Crippen LogP contribution in [-0.2, 0) is 9.84 Å². The minimum absolute atomic E-state index is 0.0527. The van der Waals surface area contributed by atoms with Crippen LogP contribution in [0.1, 0.15) is 18.2 Å². The van der Waals surface area contributed by atoms with E-state index in [4.69, 9.17) is 11.1 Å². The number of nitrogens with one attached hydrogen (secondary N) is 1. The Morgan fingerprint density at radius 2 is 2.21 bits per heavy atom. The highest BCUT2D eigenvalue weighted by molar-refractivity contribution is 7.91. The first kappa shape index (κ1) is 13.8. The fourth-order valence-corrected chi connectivity index (χ4v) is 3.84. The molecule has 1 atom stereocenters. The van der Waals surface area contributed by atoms with E-state index in [1.54, 1.807) is 12.1 Å². The van der Waals surface area contributed by atoms with E-state index < -0.39 is 9.84 Å². The molecule has 0 saturated carbocycles. The summed E-state index contributed by atoms with van der Waals surface area (Å²) < 4.78 is 23.2. The molecule has 1 fully saturated rings. The highest BCUT2D eigenvalue weighted by Crippen LogP contribution is 2.23. The molecule has 0 radical (unpaired) electrons. The Morgan fingerprint density at radius 3 is 2.79 bits per heavy atom. The summed E-state index contributed by atoms with van der Waals surface area (Å²) in [7, 11) is -2.97. The molecule has 0 amide bonds. The van der Waals surface area contributed by atoms with Gasteiger partial charge in [-0.3, -0.25) is 5.41 Å². The number of anilines is 1. The largest absolute Gasteiger partial charge is 0.384 e. The van der Waals surface area contributed by atoms with Gasteiger partial charge >= 0.3 is 0 Å². The van der Waals surface area contributed by atoms with Crippen molar-refractivity contribution in [2.45, 2.75) is 19.9 Å². The topological polar surface area (TPSA) is 100 Å². The molecule has 0 bridgehead atoms. The highest BCUT2D eigenvalue weighted by Gasteiger charge is 2.30. The minimum atomic E-state index is -2.97. The summed E-state index contributed by atoms with van der Waals surface area (Å²) in [5, 5.41) is 7.60. The lowest BCUT2D eigenvalue weighted by molar-refractivity contribution is 0.566. The molecule has 1 aromatic rings. The maximum atomic E-state index is 11.6. The van der Waals surface area contributed by atoms with Crippen LogP contribution in [0.4, 0.5) is 5.82 Å². The Bertz CT molecular complexity index is 612. The fourth-order valence-electron chi connectivity index (χ4n) is 2.29. The summed E-state index contributed by atoms with van der Waals surface area (Å²) >= 11 is 0. The molecule has 7 heteroatoms. The molecule has 1 aliphatic rings. The molecular weight excluding hydrogens is 264 g/mol. The molecule has 19 heavy (non-hydrogen) atoms. The van der Waals surface area contributed by atoms with Crippen LogP contribution < -0.4 is 10.6 Å². The normalized spacial score (nSPS) is 22.2. The number of rotatable bonds is 2. The number of pyridine rings is 1. The maximum absolute atomic E-state index is 11.6. The second kappa shape index (κ2) is 4.80. The molecule has 1 saturated heterocycles. The predicted molar refractivity (Wildman–Crippen MR) is 75.5 cm³/mol. The van der Waals surface area contributed by atoms with Gasteiger partial charge < -0.3 is 10.6 Å². The molecule has 1 aliphatic heterocycles. The third-order valence-corrected chi connectivity index (χ3v) is 5.04. The monoisotopic (exact) mass is 282 g/mol. The Hall–Kier alpha value is -1.63. The number of amidine groups is 1. The molecule has 1 unspecified atom stereocenters. The van der Waals surface area contributed by atoms with Crippen molar-refractivity contribution in [2.75, 3.05) is 23.0 Å². The van der Waals surface area contributed by atoms with Gasteiger partial charge in [-0.1, -0.05) is 0 Å². The molecule has 6 nitrogen and oxygen atoms in total. The summed E-state index contributed by atoms with van der Waals surface area (Å²) in [6.45, 7) is 4.10. The number of hydrogen-bond acceptors (Lipinski definition) is 5. The second-order valence-corrected chi connectivity index (χ2v) is 7.12. The fraction of sp³-hybridized carbons (Fsp3) is 0.500. The van der Waals surface area contributed by atoms with Crippen LogP contribution in [0, 0.1) is 12.3 Å². The Labute approximate surface area is 113 Å². The quantitative estimate of drug-likeness (QED) is 0.600. The average molecular weight is 282 g/mol. The number of hydrogen-bond donors (Lipinski definition) is 2. The Morgan fingerprint density at radius 1 is 1.53 bits per heavy atom. The number of nitrogens with two attached hydrogens (primary N) is 1. The van der Waals surface area contributed by atoms with Gasteiger partial charge in [0.2, 0.25) is 0 Å². The van der Waals surface area contributed by atoms with Gasteiger partial charge in [-0.05, 0) is 26.0 Å². The molecule has 0 aliphatic carbocycles. The van der Waals surface area contributed by atoms with Crippen molar-refractivity contribution in [1.29, 1.82) is 5.41 Å². The summed E-state index contributed by atoms with van der Waals surface area (Å²) in [6.07, 6.45) is 0. The van der Waals surface area contributed by atoms with Crippen molar-refractivity contribution in [3.63, 3.8) is 0 Å². The van der Waals surface area contributed by atoms with E-state index in [1.165, 1.54) is 0 Å². The first-order valence-corrected chi connectivity index (χ1v) is 7.91. The van der Waals surface area contributed by atoms with E-state index in [-0.39, 0.29) is 23.4 Å². The van der Waals surface area contributed by atoms with Gasteiger partial charge in [0.25, 0.3) is 0 Å². The van der Waals surface area contributed by atoms with Gasteiger partial charge in [-0.15, -0.1) is 0 Å². The number of aromatic nitrogens is 1. The lowest BCUT2D eigenvalue weighted by atomic mass is 10.1. The lowest BCUT2D eigenvalue weighted by Gasteiger charge is -2.35. The first-order chi connectivity index (χ1) is 8.80. The van der Waals surface area contributed by atoms with Crippen LogP contribution >= 0.6 is 0 Å². The number of nitrogen functional groups attached to an aromatic ring is 1. The summed E-state index contributed by atoms with van der Waals surface area (Å²) in [5.74, 6) is 0.780. The zero-order chi connectivity index (χ0) is 14.2. The molecule has 3 N–H and O–H groups in total. The van der Waals surface area contributed by atoms with Crippen LogP contribution in [0.15, 0.2) is 12.1 Å². The molecular formula is C12H18N4O2S. The molecule has 2 rings (SSSR count). The number of nitrogens with zero attached hydrogens (tertiary/aromatic N) is 2. The second-order valence-electron chi connectivity index (χ2n) is 4.89. The van der Waals surface area contributed by atoms with Gasteiger partial charge in [0.1, 0.15) is 11.7 Å². The standard InChI is InChI=1S/C12H18N4O2S/c1-8-3-4-10(11(13)14)12(15-8)16-5-6-19(17,18)7-9(16)2/h3-4,9H,5-7H2,1-2H3,(H3,13,14). The molecule has 0 spiro atoms. The summed E-state index contributed by atoms with van der Waals surface area (Å²) in [4.78, 5) is 6.35. The zero-order valence-corrected chi connectivity index (χ0v) is 11.9. The number of sulfone groups is 1. The lowest BCUT2D eigenvalue weighted by Crippen LogP contribution is -2.48. The van der Waals surface area contributed by atoms with Gasteiger partial charge in [0.15, 0.2) is 9.84 Å². The molecule has 104 valence electrons. The van der Waals surface area contributed by atoms with E-state index in [1.807, 2.05) is 18.7 Å². The van der Waals surface area contributed by atoms with E-state index in [9.17, 15) is 8.42 Å². The van der Waals surface area contributed by atoms with E-state index in [0.29, 0.717) is 17.9 Å². The highest BCUT2D eigenvalue weighted by atomic mass is 32.2. The van der Waals surface area contributed by atoms with Crippen molar-refractivity contribution in [3.8, 4) is 0 Å². The average Bonchev–Trinajstić information content (AvgIpc) is 2.27. The van der Waals surface area contributed by atoms with Crippen molar-refractivity contribution < 1.29 is 8.42 Å². The van der Waals surface area contributed by atoms with Gasteiger partial charge in [0, 0.05) is 18.3 Å². The smallest absolute Gasteiger partial charge is 0.154 e.